The Kier molecular flexibility index (Phi) is 8.01. The monoisotopic (exact) mass is 510 g/mol. The highest BCUT2D eigenvalue weighted by Crippen LogP contribution is 2.32. The summed E-state index contributed by atoms with van der Waals surface area (Å²) in [5.74, 6) is -0.728. The zero-order valence-corrected chi connectivity index (χ0v) is 20.5. The van der Waals surface area contributed by atoms with Crippen LogP contribution < -0.4 is 4.90 Å². The van der Waals surface area contributed by atoms with E-state index in [1.165, 1.54) is 52.6 Å². The number of sulfone groups is 1. The Morgan fingerprint density at radius 1 is 1.15 bits per heavy atom. The lowest BCUT2D eigenvalue weighted by molar-refractivity contribution is -0.384. The average Bonchev–Trinajstić information content (AvgIpc) is 3.18. The molecule has 0 aliphatic carbocycles. The molecule has 2 aromatic carbocycles. The van der Waals surface area contributed by atoms with Crippen LogP contribution in [0.2, 0.25) is 5.02 Å². The van der Waals surface area contributed by atoms with Gasteiger partial charge in [0.1, 0.15) is 0 Å². The van der Waals surface area contributed by atoms with Crippen LogP contribution in [0.25, 0.3) is 10.2 Å². The normalized spacial score (nSPS) is 11.8. The molecule has 0 bridgehead atoms. The lowest BCUT2D eigenvalue weighted by atomic mass is 10.3. The van der Waals surface area contributed by atoms with E-state index in [2.05, 4.69) is 4.98 Å². The number of rotatable bonds is 10. The second-order valence-electron chi connectivity index (χ2n) is 7.63. The van der Waals surface area contributed by atoms with Gasteiger partial charge in [-0.15, -0.1) is 0 Å². The molecule has 1 amide bonds. The highest BCUT2D eigenvalue weighted by Gasteiger charge is 2.23. The first-order valence-corrected chi connectivity index (χ1v) is 12.9. The minimum Gasteiger partial charge on any atom is -0.309 e. The van der Waals surface area contributed by atoms with Crippen molar-refractivity contribution in [3.05, 3.63) is 57.6 Å². The first kappa shape index (κ1) is 25.0. The zero-order chi connectivity index (χ0) is 24.2. The zero-order valence-electron chi connectivity index (χ0n) is 18.1. The predicted octanol–water partition coefficient (Wildman–Crippen LogP) is 4.01. The van der Waals surface area contributed by atoms with E-state index in [9.17, 15) is 23.3 Å². The third-order valence-electron chi connectivity index (χ3n) is 4.85. The summed E-state index contributed by atoms with van der Waals surface area (Å²) < 4.78 is 25.9. The number of non-ortho nitro benzene ring substituents is 1. The van der Waals surface area contributed by atoms with Gasteiger partial charge < -0.3 is 4.90 Å². The molecule has 0 radical (unpaired) electrons. The fraction of sp³-hybridized carbons (Fsp3) is 0.333. The van der Waals surface area contributed by atoms with Gasteiger partial charge in [-0.2, -0.15) is 0 Å². The first-order valence-electron chi connectivity index (χ1n) is 10.1. The van der Waals surface area contributed by atoms with Gasteiger partial charge in [0.05, 0.1) is 25.8 Å². The Labute approximate surface area is 200 Å². The Morgan fingerprint density at radius 3 is 2.48 bits per heavy atom. The van der Waals surface area contributed by atoms with Crippen LogP contribution in [0, 0.1) is 10.1 Å². The van der Waals surface area contributed by atoms with Gasteiger partial charge >= 0.3 is 0 Å². The van der Waals surface area contributed by atoms with E-state index in [-0.39, 0.29) is 28.7 Å². The van der Waals surface area contributed by atoms with Gasteiger partial charge in [-0.05, 0) is 57.4 Å². The number of benzene rings is 2. The quantitative estimate of drug-likeness (QED) is 0.299. The van der Waals surface area contributed by atoms with Gasteiger partial charge in [-0.25, -0.2) is 13.4 Å². The number of aromatic nitrogens is 1. The number of thiazole rings is 1. The summed E-state index contributed by atoms with van der Waals surface area (Å²) in [5.41, 5.74) is 0.483. The number of amides is 1. The molecule has 0 fully saturated rings. The van der Waals surface area contributed by atoms with Crippen LogP contribution >= 0.6 is 22.9 Å². The number of nitrogens with zero attached hydrogens (tertiary/aromatic N) is 4. The van der Waals surface area contributed by atoms with Gasteiger partial charge in [0.15, 0.2) is 15.0 Å². The molecule has 0 saturated heterocycles. The van der Waals surface area contributed by atoms with E-state index in [0.717, 1.165) is 6.54 Å². The standard InChI is InChI=1S/C21H23ClN4O5S2/c1-24(2)11-3-12-25(21-23-18-9-6-16(26(28)29)14-19(18)32-21)20(27)10-13-33(30,31)17-7-4-15(22)5-8-17/h4-9,14H,3,10-13H2,1-2H3. The van der Waals surface area contributed by atoms with Crippen LogP contribution in [0.1, 0.15) is 12.8 Å². The molecule has 1 aromatic heterocycles. The highest BCUT2D eigenvalue weighted by atomic mass is 35.5. The third kappa shape index (κ3) is 6.47. The summed E-state index contributed by atoms with van der Waals surface area (Å²) >= 11 is 7.00. The molecular formula is C21H23ClN4O5S2. The van der Waals surface area contributed by atoms with Gasteiger partial charge in [0, 0.05) is 30.1 Å². The van der Waals surface area contributed by atoms with Crippen molar-refractivity contribution < 1.29 is 18.1 Å². The average molecular weight is 511 g/mol. The van der Waals surface area contributed by atoms with Crippen molar-refractivity contribution in [2.75, 3.05) is 37.8 Å². The third-order valence-corrected chi connectivity index (χ3v) is 7.87. The number of anilines is 1. The maximum atomic E-state index is 13.1. The molecule has 0 aliphatic rings. The summed E-state index contributed by atoms with van der Waals surface area (Å²) in [6.45, 7) is 1.07. The molecule has 0 aliphatic heterocycles. The molecule has 12 heteroatoms. The fourth-order valence-corrected chi connectivity index (χ4v) is 5.52. The smallest absolute Gasteiger partial charge is 0.270 e. The number of nitro groups is 1. The van der Waals surface area contributed by atoms with Crippen molar-refractivity contribution in [1.29, 1.82) is 0 Å². The number of carbonyl (C=O) groups is 1. The number of halogens is 1. The highest BCUT2D eigenvalue weighted by molar-refractivity contribution is 7.91. The number of fused-ring (bicyclic) bond motifs is 1. The second kappa shape index (κ2) is 10.6. The van der Waals surface area contributed by atoms with Crippen molar-refractivity contribution in [3.8, 4) is 0 Å². The molecule has 0 unspecified atom stereocenters. The summed E-state index contributed by atoms with van der Waals surface area (Å²) in [4.78, 5) is 31.7. The molecule has 3 rings (SSSR count). The van der Waals surface area contributed by atoms with Crippen molar-refractivity contribution in [2.45, 2.75) is 17.7 Å². The van der Waals surface area contributed by atoms with Crippen LogP contribution in [-0.2, 0) is 14.6 Å². The number of hydrogen-bond donors (Lipinski definition) is 0. The Bertz CT molecular complexity index is 1260. The fourth-order valence-electron chi connectivity index (χ4n) is 3.12. The van der Waals surface area contributed by atoms with Crippen LogP contribution in [0.5, 0.6) is 0 Å². The minimum atomic E-state index is -3.67. The Balaban J connectivity index is 1.82. The van der Waals surface area contributed by atoms with Crippen molar-refractivity contribution in [1.82, 2.24) is 9.88 Å². The van der Waals surface area contributed by atoms with Gasteiger partial charge in [-0.3, -0.25) is 19.8 Å². The molecular weight excluding hydrogens is 488 g/mol. The van der Waals surface area contributed by atoms with Crippen molar-refractivity contribution in [2.24, 2.45) is 0 Å². The summed E-state index contributed by atoms with van der Waals surface area (Å²) in [6, 6.07) is 10.1. The Hall–Kier alpha value is -2.60. The van der Waals surface area contributed by atoms with Crippen LogP contribution in [-0.4, -0.2) is 62.1 Å². The molecule has 176 valence electrons. The van der Waals surface area contributed by atoms with Gasteiger partial charge in [0.25, 0.3) is 5.69 Å². The van der Waals surface area contributed by atoms with E-state index in [0.29, 0.717) is 33.3 Å². The van der Waals surface area contributed by atoms with E-state index >= 15 is 0 Å². The maximum absolute atomic E-state index is 13.1. The van der Waals surface area contributed by atoms with Gasteiger partial charge in [0.2, 0.25) is 5.91 Å². The molecule has 9 nitrogen and oxygen atoms in total. The van der Waals surface area contributed by atoms with E-state index < -0.39 is 14.8 Å². The minimum absolute atomic E-state index is 0.0581. The molecule has 0 N–H and O–H groups in total. The van der Waals surface area contributed by atoms with Crippen LogP contribution in [0.4, 0.5) is 10.8 Å². The number of carbonyl (C=O) groups excluding carboxylic acids is 1. The predicted molar refractivity (Wildman–Crippen MR) is 130 cm³/mol. The summed E-state index contributed by atoms with van der Waals surface area (Å²) in [5, 5.41) is 11.9. The van der Waals surface area contributed by atoms with Gasteiger partial charge in [-0.1, -0.05) is 22.9 Å². The Morgan fingerprint density at radius 2 is 1.85 bits per heavy atom. The summed E-state index contributed by atoms with van der Waals surface area (Å²) in [6.07, 6.45) is 0.432. The first-order chi connectivity index (χ1) is 15.6. The lowest BCUT2D eigenvalue weighted by Crippen LogP contribution is -2.34. The topological polar surface area (TPSA) is 114 Å². The lowest BCUT2D eigenvalue weighted by Gasteiger charge is -2.21. The second-order valence-corrected chi connectivity index (χ2v) is 11.2. The molecule has 1 heterocycles. The molecule has 0 atom stereocenters. The molecule has 0 spiro atoms. The van der Waals surface area contributed by atoms with Crippen molar-refractivity contribution in [3.63, 3.8) is 0 Å². The summed E-state index contributed by atoms with van der Waals surface area (Å²) in [7, 11) is 0.169. The number of nitro benzene ring substituents is 1. The molecule has 33 heavy (non-hydrogen) atoms. The largest absolute Gasteiger partial charge is 0.309 e. The van der Waals surface area contributed by atoms with E-state index in [4.69, 9.17) is 11.6 Å². The number of hydrogen-bond acceptors (Lipinski definition) is 8. The molecule has 0 saturated carbocycles. The molecule has 3 aromatic rings. The van der Waals surface area contributed by atoms with Crippen LogP contribution in [0.15, 0.2) is 47.4 Å². The van der Waals surface area contributed by atoms with Crippen LogP contribution in [0.3, 0.4) is 0 Å². The van der Waals surface area contributed by atoms with Crippen molar-refractivity contribution >= 4 is 59.7 Å². The SMILES string of the molecule is CN(C)CCCN(C(=O)CCS(=O)(=O)c1ccc(Cl)cc1)c1nc2ccc([N+](=O)[O-])cc2s1. The maximum Gasteiger partial charge on any atom is 0.270 e. The van der Waals surface area contributed by atoms with E-state index in [1.807, 2.05) is 19.0 Å². The van der Waals surface area contributed by atoms with E-state index in [1.54, 1.807) is 6.07 Å².